The Kier molecular flexibility index (Phi) is 4.15. The highest BCUT2D eigenvalue weighted by Gasteiger charge is 2.39. The van der Waals surface area contributed by atoms with E-state index >= 15 is 0 Å². The number of benzene rings is 2. The van der Waals surface area contributed by atoms with Crippen LogP contribution in [0.4, 0.5) is 0 Å². The molecule has 2 nitrogen and oxygen atoms in total. The third-order valence-corrected chi connectivity index (χ3v) is 8.59. The van der Waals surface area contributed by atoms with E-state index in [2.05, 4.69) is 33.9 Å². The predicted molar refractivity (Wildman–Crippen MR) is 91.4 cm³/mol. The maximum atomic E-state index is 10.1. The first-order valence-electron chi connectivity index (χ1n) is 7.28. The molecule has 0 unspecified atom stereocenters. The molecule has 2 rings (SSSR count). The van der Waals surface area contributed by atoms with Gasteiger partial charge in [0.25, 0.3) is 0 Å². The van der Waals surface area contributed by atoms with Crippen molar-refractivity contribution in [3.8, 4) is 22.6 Å². The molecule has 0 aliphatic carbocycles. The second-order valence-electron chi connectivity index (χ2n) is 6.91. The van der Waals surface area contributed by atoms with Crippen LogP contribution in [-0.2, 0) is 0 Å². The van der Waals surface area contributed by atoms with E-state index in [-0.39, 0.29) is 10.8 Å². The Balaban J connectivity index is 2.36. The molecule has 3 heteroatoms. The standard InChI is InChI=1S/C18H24O2Si/c1-18(2,3)21(4,5)20-15-11-12-17(19)16(13-15)14-9-7-6-8-10-14/h6-13,19H,1-5H3. The molecule has 0 aliphatic rings. The maximum Gasteiger partial charge on any atom is 0.250 e. The van der Waals surface area contributed by atoms with Crippen molar-refractivity contribution in [3.05, 3.63) is 48.5 Å². The molecule has 0 aromatic heterocycles. The summed E-state index contributed by atoms with van der Waals surface area (Å²) in [6.07, 6.45) is 0. The van der Waals surface area contributed by atoms with Crippen molar-refractivity contribution in [1.82, 2.24) is 0 Å². The summed E-state index contributed by atoms with van der Waals surface area (Å²) in [5.74, 6) is 1.11. The van der Waals surface area contributed by atoms with Gasteiger partial charge in [-0.2, -0.15) is 0 Å². The first kappa shape index (κ1) is 15.6. The minimum absolute atomic E-state index is 0.151. The molecule has 2 aromatic carbocycles. The maximum absolute atomic E-state index is 10.1. The van der Waals surface area contributed by atoms with E-state index in [1.165, 1.54) is 0 Å². The number of hydrogen-bond acceptors (Lipinski definition) is 2. The average Bonchev–Trinajstić information content (AvgIpc) is 2.40. The van der Waals surface area contributed by atoms with Gasteiger partial charge in [-0.25, -0.2) is 0 Å². The van der Waals surface area contributed by atoms with Crippen LogP contribution in [0.25, 0.3) is 11.1 Å². The van der Waals surface area contributed by atoms with Gasteiger partial charge in [0.05, 0.1) is 0 Å². The van der Waals surface area contributed by atoms with Crippen LogP contribution in [0.1, 0.15) is 20.8 Å². The fourth-order valence-electron chi connectivity index (χ4n) is 1.88. The second kappa shape index (κ2) is 5.56. The van der Waals surface area contributed by atoms with Crippen molar-refractivity contribution in [2.45, 2.75) is 38.9 Å². The summed E-state index contributed by atoms with van der Waals surface area (Å²) in [5, 5.41) is 10.3. The summed E-state index contributed by atoms with van der Waals surface area (Å²) >= 11 is 0. The molecule has 112 valence electrons. The third kappa shape index (κ3) is 3.48. The van der Waals surface area contributed by atoms with Gasteiger partial charge < -0.3 is 9.53 Å². The van der Waals surface area contributed by atoms with Crippen LogP contribution in [-0.4, -0.2) is 13.4 Å². The molecular weight excluding hydrogens is 276 g/mol. The monoisotopic (exact) mass is 300 g/mol. The first-order valence-corrected chi connectivity index (χ1v) is 10.2. The van der Waals surface area contributed by atoms with Crippen LogP contribution < -0.4 is 4.43 Å². The highest BCUT2D eigenvalue weighted by molar-refractivity contribution is 6.74. The lowest BCUT2D eigenvalue weighted by Crippen LogP contribution is -2.43. The fraction of sp³-hybridized carbons (Fsp3) is 0.333. The molecule has 0 bridgehead atoms. The Bertz CT molecular complexity index is 613. The van der Waals surface area contributed by atoms with Gasteiger partial charge in [0, 0.05) is 5.56 Å². The quantitative estimate of drug-likeness (QED) is 0.764. The minimum atomic E-state index is -1.87. The summed E-state index contributed by atoms with van der Waals surface area (Å²) in [7, 11) is -1.87. The minimum Gasteiger partial charge on any atom is -0.543 e. The summed E-state index contributed by atoms with van der Waals surface area (Å²) in [6.45, 7) is 11.1. The lowest BCUT2D eigenvalue weighted by atomic mass is 10.0. The van der Waals surface area contributed by atoms with Crippen molar-refractivity contribution in [2.75, 3.05) is 0 Å². The zero-order chi connectivity index (χ0) is 15.7. The lowest BCUT2D eigenvalue weighted by molar-refractivity contribution is 0.470. The van der Waals surface area contributed by atoms with E-state index in [9.17, 15) is 5.11 Å². The fourth-order valence-corrected chi connectivity index (χ4v) is 2.90. The number of phenols is 1. The zero-order valence-corrected chi connectivity index (χ0v) is 14.5. The van der Waals surface area contributed by atoms with Crippen LogP contribution in [0, 0.1) is 0 Å². The van der Waals surface area contributed by atoms with E-state index in [0.29, 0.717) is 0 Å². The normalized spacial score (nSPS) is 12.2. The lowest BCUT2D eigenvalue weighted by Gasteiger charge is -2.36. The average molecular weight is 300 g/mol. The van der Waals surface area contributed by atoms with Gasteiger partial charge in [-0.05, 0) is 41.9 Å². The Morgan fingerprint density at radius 3 is 2.14 bits per heavy atom. The Morgan fingerprint density at radius 1 is 0.952 bits per heavy atom. The molecular formula is C18H24O2Si. The van der Waals surface area contributed by atoms with Gasteiger partial charge in [0.15, 0.2) is 0 Å². The van der Waals surface area contributed by atoms with Gasteiger partial charge in [0.2, 0.25) is 8.32 Å². The Hall–Kier alpha value is -1.74. The number of rotatable bonds is 3. The van der Waals surface area contributed by atoms with E-state index in [1.54, 1.807) is 6.07 Å². The van der Waals surface area contributed by atoms with Crippen molar-refractivity contribution in [1.29, 1.82) is 0 Å². The topological polar surface area (TPSA) is 29.5 Å². The Labute approximate surface area is 128 Å². The molecule has 0 saturated heterocycles. The summed E-state index contributed by atoms with van der Waals surface area (Å²) in [6, 6.07) is 15.4. The van der Waals surface area contributed by atoms with Crippen molar-refractivity contribution < 1.29 is 9.53 Å². The summed E-state index contributed by atoms with van der Waals surface area (Å²) < 4.78 is 6.31. The second-order valence-corrected chi connectivity index (χ2v) is 11.6. The molecule has 2 aromatic rings. The molecule has 0 saturated carbocycles. The smallest absolute Gasteiger partial charge is 0.250 e. The van der Waals surface area contributed by atoms with Crippen molar-refractivity contribution in [3.63, 3.8) is 0 Å². The number of hydrogen-bond donors (Lipinski definition) is 1. The van der Waals surface area contributed by atoms with Crippen LogP contribution >= 0.6 is 0 Å². The molecule has 0 heterocycles. The molecule has 0 spiro atoms. The van der Waals surface area contributed by atoms with Crippen molar-refractivity contribution in [2.24, 2.45) is 0 Å². The van der Waals surface area contributed by atoms with Crippen LogP contribution in [0.15, 0.2) is 48.5 Å². The van der Waals surface area contributed by atoms with Crippen LogP contribution in [0.5, 0.6) is 11.5 Å². The molecule has 0 atom stereocenters. The molecule has 0 amide bonds. The first-order chi connectivity index (χ1) is 9.71. The van der Waals surface area contributed by atoms with Crippen molar-refractivity contribution >= 4 is 8.32 Å². The highest BCUT2D eigenvalue weighted by Crippen LogP contribution is 2.39. The molecule has 0 fully saturated rings. The van der Waals surface area contributed by atoms with E-state index < -0.39 is 8.32 Å². The Morgan fingerprint density at radius 2 is 1.57 bits per heavy atom. The molecule has 0 aliphatic heterocycles. The van der Waals surface area contributed by atoms with E-state index in [0.717, 1.165) is 16.9 Å². The van der Waals surface area contributed by atoms with Gasteiger partial charge in [-0.15, -0.1) is 0 Å². The van der Waals surface area contributed by atoms with E-state index in [1.807, 2.05) is 42.5 Å². The zero-order valence-electron chi connectivity index (χ0n) is 13.5. The molecule has 21 heavy (non-hydrogen) atoms. The van der Waals surface area contributed by atoms with Crippen LogP contribution in [0.3, 0.4) is 0 Å². The highest BCUT2D eigenvalue weighted by atomic mass is 28.4. The van der Waals surface area contributed by atoms with Crippen LogP contribution in [0.2, 0.25) is 18.1 Å². The van der Waals surface area contributed by atoms with Gasteiger partial charge in [-0.3, -0.25) is 0 Å². The van der Waals surface area contributed by atoms with Gasteiger partial charge in [0.1, 0.15) is 11.5 Å². The number of phenolic OH excluding ortho intramolecular Hbond substituents is 1. The largest absolute Gasteiger partial charge is 0.543 e. The predicted octanol–water partition coefficient (Wildman–Crippen LogP) is 5.44. The van der Waals surface area contributed by atoms with Gasteiger partial charge >= 0.3 is 0 Å². The molecule has 0 radical (unpaired) electrons. The summed E-state index contributed by atoms with van der Waals surface area (Å²) in [5.41, 5.74) is 1.81. The van der Waals surface area contributed by atoms with E-state index in [4.69, 9.17) is 4.43 Å². The summed E-state index contributed by atoms with van der Waals surface area (Å²) in [4.78, 5) is 0. The molecule has 1 N–H and O–H groups in total. The third-order valence-electron chi connectivity index (χ3n) is 4.23. The SMILES string of the molecule is CC(C)(C)[Si](C)(C)Oc1ccc(O)c(-c2ccccc2)c1. The van der Waals surface area contributed by atoms with Gasteiger partial charge in [-0.1, -0.05) is 51.1 Å². The number of aromatic hydroxyl groups is 1.